The van der Waals surface area contributed by atoms with Gasteiger partial charge in [-0.05, 0) is 30.6 Å². The van der Waals surface area contributed by atoms with Gasteiger partial charge in [-0.2, -0.15) is 0 Å². The molecule has 1 unspecified atom stereocenters. The summed E-state index contributed by atoms with van der Waals surface area (Å²) in [6, 6.07) is 0. The minimum atomic E-state index is -0.0244. The Kier molecular flexibility index (Phi) is 9.13. The first kappa shape index (κ1) is 17.5. The second-order valence-electron chi connectivity index (χ2n) is 6.36. The molecule has 0 aliphatic rings. The zero-order valence-corrected chi connectivity index (χ0v) is 13.1. The molecule has 0 aliphatic heterocycles. The SMILES string of the molecule is CCCCCC(=O)OCC(C)CC(C)(C)CCC. The zero-order chi connectivity index (χ0) is 14.0. The molecule has 108 valence electrons. The molecule has 18 heavy (non-hydrogen) atoms. The van der Waals surface area contributed by atoms with E-state index < -0.39 is 0 Å². The van der Waals surface area contributed by atoms with E-state index in [1.54, 1.807) is 0 Å². The fraction of sp³-hybridized carbons (Fsp3) is 0.938. The van der Waals surface area contributed by atoms with Gasteiger partial charge in [0, 0.05) is 6.42 Å². The Morgan fingerprint density at radius 3 is 2.39 bits per heavy atom. The molecular formula is C16H32O2. The van der Waals surface area contributed by atoms with E-state index >= 15 is 0 Å². The fourth-order valence-electron chi connectivity index (χ4n) is 2.61. The Balaban J connectivity index is 3.75. The van der Waals surface area contributed by atoms with Crippen molar-refractivity contribution in [3.8, 4) is 0 Å². The van der Waals surface area contributed by atoms with E-state index in [1.807, 2.05) is 0 Å². The van der Waals surface area contributed by atoms with Gasteiger partial charge in [-0.25, -0.2) is 0 Å². The van der Waals surface area contributed by atoms with Crippen LogP contribution in [-0.4, -0.2) is 12.6 Å². The van der Waals surface area contributed by atoms with Crippen LogP contribution in [0.3, 0.4) is 0 Å². The van der Waals surface area contributed by atoms with Crippen molar-refractivity contribution in [3.05, 3.63) is 0 Å². The van der Waals surface area contributed by atoms with Crippen LogP contribution in [0.15, 0.2) is 0 Å². The molecule has 0 radical (unpaired) electrons. The van der Waals surface area contributed by atoms with Crippen LogP contribution in [0.1, 0.15) is 79.6 Å². The van der Waals surface area contributed by atoms with Crippen LogP contribution in [0.2, 0.25) is 0 Å². The van der Waals surface area contributed by atoms with E-state index in [1.165, 1.54) is 12.8 Å². The molecule has 0 heterocycles. The number of hydrogen-bond donors (Lipinski definition) is 0. The topological polar surface area (TPSA) is 26.3 Å². The molecule has 2 heteroatoms. The lowest BCUT2D eigenvalue weighted by Gasteiger charge is -2.27. The maximum absolute atomic E-state index is 11.5. The molecule has 0 fully saturated rings. The summed E-state index contributed by atoms with van der Waals surface area (Å²) < 4.78 is 5.34. The highest BCUT2D eigenvalue weighted by molar-refractivity contribution is 5.69. The number of esters is 1. The Morgan fingerprint density at radius 1 is 1.17 bits per heavy atom. The van der Waals surface area contributed by atoms with Crippen LogP contribution in [0.5, 0.6) is 0 Å². The van der Waals surface area contributed by atoms with Crippen molar-refractivity contribution in [2.75, 3.05) is 6.61 Å². The molecule has 2 nitrogen and oxygen atoms in total. The average molecular weight is 256 g/mol. The van der Waals surface area contributed by atoms with Crippen molar-refractivity contribution in [3.63, 3.8) is 0 Å². The third-order valence-electron chi connectivity index (χ3n) is 3.34. The molecule has 0 N–H and O–H groups in total. The van der Waals surface area contributed by atoms with Crippen molar-refractivity contribution >= 4 is 5.97 Å². The molecule has 0 bridgehead atoms. The molecule has 0 amide bonds. The monoisotopic (exact) mass is 256 g/mol. The second kappa shape index (κ2) is 9.41. The van der Waals surface area contributed by atoms with E-state index in [9.17, 15) is 4.79 Å². The Labute approximate surface area is 113 Å². The Bertz CT molecular complexity index is 221. The van der Waals surface area contributed by atoms with Gasteiger partial charge in [0.05, 0.1) is 6.61 Å². The van der Waals surface area contributed by atoms with Gasteiger partial charge >= 0.3 is 5.97 Å². The molecular weight excluding hydrogens is 224 g/mol. The molecule has 0 aromatic carbocycles. The highest BCUT2D eigenvalue weighted by atomic mass is 16.5. The fourth-order valence-corrected chi connectivity index (χ4v) is 2.61. The van der Waals surface area contributed by atoms with Crippen molar-refractivity contribution < 1.29 is 9.53 Å². The second-order valence-corrected chi connectivity index (χ2v) is 6.36. The van der Waals surface area contributed by atoms with Gasteiger partial charge < -0.3 is 4.74 Å². The normalized spacial score (nSPS) is 13.4. The molecule has 0 aromatic rings. The summed E-state index contributed by atoms with van der Waals surface area (Å²) >= 11 is 0. The van der Waals surface area contributed by atoms with Crippen LogP contribution in [0.25, 0.3) is 0 Å². The van der Waals surface area contributed by atoms with Crippen molar-refractivity contribution in [2.24, 2.45) is 11.3 Å². The predicted octanol–water partition coefficient (Wildman–Crippen LogP) is 4.96. The molecule has 0 rings (SSSR count). The summed E-state index contributed by atoms with van der Waals surface area (Å²) in [5, 5.41) is 0. The van der Waals surface area contributed by atoms with E-state index in [0.29, 0.717) is 24.4 Å². The Hall–Kier alpha value is -0.530. The molecule has 0 spiro atoms. The maximum atomic E-state index is 11.5. The van der Waals surface area contributed by atoms with Gasteiger partial charge in [-0.3, -0.25) is 4.79 Å². The van der Waals surface area contributed by atoms with Gasteiger partial charge in [-0.15, -0.1) is 0 Å². The lowest BCUT2D eigenvalue weighted by Crippen LogP contribution is -2.20. The first-order valence-corrected chi connectivity index (χ1v) is 7.57. The molecule has 0 saturated carbocycles. The Morgan fingerprint density at radius 2 is 1.83 bits per heavy atom. The average Bonchev–Trinajstić information content (AvgIpc) is 2.26. The lowest BCUT2D eigenvalue weighted by molar-refractivity contribution is -0.145. The van der Waals surface area contributed by atoms with Gasteiger partial charge in [0.1, 0.15) is 0 Å². The van der Waals surface area contributed by atoms with Gasteiger partial charge in [0.15, 0.2) is 0 Å². The van der Waals surface area contributed by atoms with Gasteiger partial charge in [0.2, 0.25) is 0 Å². The third kappa shape index (κ3) is 9.49. The van der Waals surface area contributed by atoms with E-state index in [0.717, 1.165) is 25.7 Å². The van der Waals surface area contributed by atoms with E-state index in [2.05, 4.69) is 34.6 Å². The summed E-state index contributed by atoms with van der Waals surface area (Å²) in [5.74, 6) is 0.435. The predicted molar refractivity (Wildman–Crippen MR) is 77.6 cm³/mol. The van der Waals surface area contributed by atoms with Crippen LogP contribution in [0.4, 0.5) is 0 Å². The number of rotatable bonds is 10. The number of unbranched alkanes of at least 4 members (excludes halogenated alkanes) is 2. The highest BCUT2D eigenvalue weighted by Gasteiger charge is 2.20. The number of carbonyl (C=O) groups is 1. The number of carbonyl (C=O) groups excluding carboxylic acids is 1. The number of ether oxygens (including phenoxy) is 1. The van der Waals surface area contributed by atoms with Crippen molar-refractivity contribution in [2.45, 2.75) is 79.6 Å². The lowest BCUT2D eigenvalue weighted by atomic mass is 9.80. The third-order valence-corrected chi connectivity index (χ3v) is 3.34. The van der Waals surface area contributed by atoms with Crippen molar-refractivity contribution in [1.82, 2.24) is 0 Å². The zero-order valence-electron chi connectivity index (χ0n) is 13.1. The molecule has 1 atom stereocenters. The molecule has 0 aromatic heterocycles. The number of hydrogen-bond acceptors (Lipinski definition) is 2. The molecule has 0 saturated heterocycles. The minimum Gasteiger partial charge on any atom is -0.465 e. The summed E-state index contributed by atoms with van der Waals surface area (Å²) in [6.07, 6.45) is 7.40. The van der Waals surface area contributed by atoms with Gasteiger partial charge in [0.25, 0.3) is 0 Å². The maximum Gasteiger partial charge on any atom is 0.305 e. The van der Waals surface area contributed by atoms with Crippen molar-refractivity contribution in [1.29, 1.82) is 0 Å². The first-order valence-electron chi connectivity index (χ1n) is 7.57. The summed E-state index contributed by atoms with van der Waals surface area (Å²) in [6.45, 7) is 11.7. The van der Waals surface area contributed by atoms with E-state index in [4.69, 9.17) is 4.74 Å². The van der Waals surface area contributed by atoms with Crippen LogP contribution in [-0.2, 0) is 9.53 Å². The minimum absolute atomic E-state index is 0.0244. The smallest absolute Gasteiger partial charge is 0.305 e. The summed E-state index contributed by atoms with van der Waals surface area (Å²) in [5.41, 5.74) is 0.364. The van der Waals surface area contributed by atoms with Crippen LogP contribution < -0.4 is 0 Å². The standard InChI is InChI=1S/C16H32O2/c1-6-8-9-10-15(17)18-13-14(3)12-16(4,5)11-7-2/h14H,6-13H2,1-5H3. The largest absolute Gasteiger partial charge is 0.465 e. The van der Waals surface area contributed by atoms with Gasteiger partial charge in [-0.1, -0.05) is 53.9 Å². The summed E-state index contributed by atoms with van der Waals surface area (Å²) in [4.78, 5) is 11.5. The van der Waals surface area contributed by atoms with Crippen LogP contribution >= 0.6 is 0 Å². The van der Waals surface area contributed by atoms with E-state index in [-0.39, 0.29) is 5.97 Å². The van der Waals surface area contributed by atoms with Crippen LogP contribution in [0, 0.1) is 11.3 Å². The quantitative estimate of drug-likeness (QED) is 0.408. The first-order chi connectivity index (χ1) is 8.41. The summed E-state index contributed by atoms with van der Waals surface area (Å²) in [7, 11) is 0. The highest BCUT2D eigenvalue weighted by Crippen LogP contribution is 2.30. The molecule has 0 aliphatic carbocycles.